The molecule has 4 heteroatoms. The molecule has 0 aromatic carbocycles. The molecule has 2 rings (SSSR count). The molecule has 0 aromatic heterocycles. The molecule has 0 spiro atoms. The maximum Gasteiger partial charge on any atom is 0.251 e. The summed E-state index contributed by atoms with van der Waals surface area (Å²) in [6.07, 6.45) is 4.16. The van der Waals surface area contributed by atoms with E-state index >= 15 is 0 Å². The quantitative estimate of drug-likeness (QED) is 0.767. The van der Waals surface area contributed by atoms with Crippen molar-refractivity contribution in [2.24, 2.45) is 5.92 Å². The van der Waals surface area contributed by atoms with E-state index in [9.17, 15) is 4.79 Å². The zero-order valence-electron chi connectivity index (χ0n) is 10.1. The van der Waals surface area contributed by atoms with E-state index in [2.05, 4.69) is 5.32 Å². The highest BCUT2D eigenvalue weighted by Gasteiger charge is 2.31. The van der Waals surface area contributed by atoms with Crippen LogP contribution in [0.2, 0.25) is 0 Å². The summed E-state index contributed by atoms with van der Waals surface area (Å²) in [6.45, 7) is 3.58. The Morgan fingerprint density at radius 2 is 2.31 bits per heavy atom. The molecule has 2 atom stereocenters. The second kappa shape index (κ2) is 5.64. The van der Waals surface area contributed by atoms with E-state index in [1.54, 1.807) is 0 Å². The number of rotatable bonds is 3. The Morgan fingerprint density at radius 3 is 3.00 bits per heavy atom. The van der Waals surface area contributed by atoms with Crippen LogP contribution in [0.5, 0.6) is 0 Å². The number of likely N-dealkylation sites (tertiary alicyclic amines) is 1. The highest BCUT2D eigenvalue weighted by Crippen LogP contribution is 2.20. The van der Waals surface area contributed by atoms with Crippen molar-refractivity contribution in [3.8, 4) is 0 Å². The molecule has 0 radical (unpaired) electrons. The van der Waals surface area contributed by atoms with E-state index in [4.69, 9.17) is 4.74 Å². The molecule has 2 fully saturated rings. The smallest absolute Gasteiger partial charge is 0.251 e. The summed E-state index contributed by atoms with van der Waals surface area (Å²) in [6, 6.07) is 0. The molecule has 2 unspecified atom stereocenters. The lowest BCUT2D eigenvalue weighted by atomic mass is 9.97. The standard InChI is InChI=1S/C12H22N2O2/c1-13-8-10-4-2-6-14(9-10)12(15)11-5-3-7-16-11/h10-11,13H,2-9H2,1H3. The van der Waals surface area contributed by atoms with Gasteiger partial charge >= 0.3 is 0 Å². The van der Waals surface area contributed by atoms with E-state index in [0.29, 0.717) is 5.92 Å². The van der Waals surface area contributed by atoms with Crippen molar-refractivity contribution in [3.05, 3.63) is 0 Å². The first-order chi connectivity index (χ1) is 7.81. The fourth-order valence-electron chi connectivity index (χ4n) is 2.70. The van der Waals surface area contributed by atoms with Crippen LogP contribution >= 0.6 is 0 Å². The number of hydrogen-bond donors (Lipinski definition) is 1. The first kappa shape index (κ1) is 11.9. The molecule has 1 amide bonds. The number of carbonyl (C=O) groups excluding carboxylic acids is 1. The minimum absolute atomic E-state index is 0.145. The van der Waals surface area contributed by atoms with E-state index in [1.807, 2.05) is 11.9 Å². The zero-order valence-corrected chi connectivity index (χ0v) is 10.1. The number of hydrogen-bond acceptors (Lipinski definition) is 3. The van der Waals surface area contributed by atoms with Gasteiger partial charge in [0.15, 0.2) is 0 Å². The lowest BCUT2D eigenvalue weighted by Gasteiger charge is -2.34. The third-order valence-corrected chi connectivity index (χ3v) is 3.53. The molecule has 0 aliphatic carbocycles. The van der Waals surface area contributed by atoms with Crippen LogP contribution in [0, 0.1) is 5.92 Å². The molecular formula is C12H22N2O2. The van der Waals surface area contributed by atoms with Gasteiger partial charge in [0.25, 0.3) is 5.91 Å². The summed E-state index contributed by atoms with van der Waals surface area (Å²) < 4.78 is 5.46. The number of ether oxygens (including phenoxy) is 1. The van der Waals surface area contributed by atoms with Gasteiger partial charge in [0.05, 0.1) is 0 Å². The third-order valence-electron chi connectivity index (χ3n) is 3.53. The molecule has 1 N–H and O–H groups in total. The summed E-state index contributed by atoms with van der Waals surface area (Å²) in [5.41, 5.74) is 0. The Kier molecular flexibility index (Phi) is 4.18. The average Bonchev–Trinajstić information content (AvgIpc) is 2.82. The van der Waals surface area contributed by atoms with E-state index < -0.39 is 0 Å². The van der Waals surface area contributed by atoms with Crippen LogP contribution in [0.3, 0.4) is 0 Å². The van der Waals surface area contributed by atoms with Crippen LogP contribution in [0.15, 0.2) is 0 Å². The fraction of sp³-hybridized carbons (Fsp3) is 0.917. The number of carbonyl (C=O) groups is 1. The number of nitrogens with one attached hydrogen (secondary N) is 1. The predicted octanol–water partition coefficient (Wildman–Crippen LogP) is 0.623. The highest BCUT2D eigenvalue weighted by atomic mass is 16.5. The van der Waals surface area contributed by atoms with Gasteiger partial charge in [-0.3, -0.25) is 4.79 Å². The Balaban J connectivity index is 1.85. The van der Waals surface area contributed by atoms with Crippen LogP contribution in [-0.2, 0) is 9.53 Å². The molecule has 4 nitrogen and oxygen atoms in total. The van der Waals surface area contributed by atoms with E-state index in [-0.39, 0.29) is 12.0 Å². The second-order valence-corrected chi connectivity index (χ2v) is 4.85. The molecular weight excluding hydrogens is 204 g/mol. The maximum atomic E-state index is 12.1. The first-order valence-corrected chi connectivity index (χ1v) is 6.36. The molecule has 2 saturated heterocycles. The molecule has 0 aromatic rings. The van der Waals surface area contributed by atoms with Crippen molar-refractivity contribution in [2.75, 3.05) is 33.3 Å². The summed E-state index contributed by atoms with van der Waals surface area (Å²) in [5, 5.41) is 3.20. The third kappa shape index (κ3) is 2.74. The minimum Gasteiger partial charge on any atom is -0.368 e. The minimum atomic E-state index is -0.145. The normalized spacial score (nSPS) is 30.7. The SMILES string of the molecule is CNCC1CCCN(C(=O)C2CCCO2)C1. The van der Waals surface area contributed by atoms with Crippen molar-refractivity contribution >= 4 is 5.91 Å². The molecule has 2 heterocycles. The van der Waals surface area contributed by atoms with Gasteiger partial charge in [-0.15, -0.1) is 0 Å². The Labute approximate surface area is 97.3 Å². The Bertz CT molecular complexity index is 237. The van der Waals surface area contributed by atoms with Gasteiger partial charge in [0, 0.05) is 19.7 Å². The number of nitrogens with zero attached hydrogens (tertiary/aromatic N) is 1. The summed E-state index contributed by atoms with van der Waals surface area (Å²) in [4.78, 5) is 14.1. The van der Waals surface area contributed by atoms with Crippen molar-refractivity contribution in [3.63, 3.8) is 0 Å². The van der Waals surface area contributed by atoms with Gasteiger partial charge in [-0.05, 0) is 45.2 Å². The molecule has 2 aliphatic heterocycles. The lowest BCUT2D eigenvalue weighted by Crippen LogP contribution is -2.46. The Morgan fingerprint density at radius 1 is 1.44 bits per heavy atom. The monoisotopic (exact) mass is 226 g/mol. The van der Waals surface area contributed by atoms with Crippen molar-refractivity contribution in [2.45, 2.75) is 31.8 Å². The van der Waals surface area contributed by atoms with Gasteiger partial charge in [-0.2, -0.15) is 0 Å². The summed E-state index contributed by atoms with van der Waals surface area (Å²) in [7, 11) is 1.97. The van der Waals surface area contributed by atoms with Crippen LogP contribution in [-0.4, -0.2) is 50.2 Å². The zero-order chi connectivity index (χ0) is 11.4. The van der Waals surface area contributed by atoms with Crippen molar-refractivity contribution < 1.29 is 9.53 Å². The first-order valence-electron chi connectivity index (χ1n) is 6.36. The maximum absolute atomic E-state index is 12.1. The van der Waals surface area contributed by atoms with Crippen molar-refractivity contribution in [1.82, 2.24) is 10.2 Å². The van der Waals surface area contributed by atoms with Crippen LogP contribution in [0.1, 0.15) is 25.7 Å². The lowest BCUT2D eigenvalue weighted by molar-refractivity contribution is -0.142. The number of piperidine rings is 1. The largest absolute Gasteiger partial charge is 0.368 e. The summed E-state index contributed by atoms with van der Waals surface area (Å²) in [5.74, 6) is 0.836. The van der Waals surface area contributed by atoms with Gasteiger partial charge in [0.2, 0.25) is 0 Å². The van der Waals surface area contributed by atoms with Gasteiger partial charge in [-0.1, -0.05) is 0 Å². The predicted molar refractivity (Wildman–Crippen MR) is 62.2 cm³/mol. The van der Waals surface area contributed by atoms with Gasteiger partial charge in [-0.25, -0.2) is 0 Å². The van der Waals surface area contributed by atoms with Gasteiger partial charge < -0.3 is 15.0 Å². The van der Waals surface area contributed by atoms with Crippen LogP contribution in [0.4, 0.5) is 0 Å². The fourth-order valence-corrected chi connectivity index (χ4v) is 2.70. The van der Waals surface area contributed by atoms with Gasteiger partial charge in [0.1, 0.15) is 6.10 Å². The van der Waals surface area contributed by atoms with Crippen molar-refractivity contribution in [1.29, 1.82) is 0 Å². The number of amides is 1. The highest BCUT2D eigenvalue weighted by molar-refractivity contribution is 5.81. The van der Waals surface area contributed by atoms with E-state index in [1.165, 1.54) is 6.42 Å². The van der Waals surface area contributed by atoms with Crippen LogP contribution in [0.25, 0.3) is 0 Å². The molecule has 92 valence electrons. The molecule has 2 aliphatic rings. The van der Waals surface area contributed by atoms with Crippen LogP contribution < -0.4 is 5.32 Å². The molecule has 0 saturated carbocycles. The molecule has 0 bridgehead atoms. The summed E-state index contributed by atoms with van der Waals surface area (Å²) >= 11 is 0. The van der Waals surface area contributed by atoms with E-state index in [0.717, 1.165) is 45.5 Å². The molecule has 16 heavy (non-hydrogen) atoms. The topological polar surface area (TPSA) is 41.6 Å². The second-order valence-electron chi connectivity index (χ2n) is 4.85. The average molecular weight is 226 g/mol. The Hall–Kier alpha value is -0.610.